The molecule has 32 heavy (non-hydrogen) atoms. The maximum absolute atomic E-state index is 13.2. The molecule has 9 heteroatoms. The third kappa shape index (κ3) is 3.95. The van der Waals surface area contributed by atoms with E-state index >= 15 is 0 Å². The first-order valence-corrected chi connectivity index (χ1v) is 12.3. The number of anilines is 1. The first-order valence-electron chi connectivity index (χ1n) is 10.9. The van der Waals surface area contributed by atoms with Crippen LogP contribution < -0.4 is 4.90 Å². The number of nitrogens with zero attached hydrogens (tertiary/aromatic N) is 3. The average molecular weight is 460 g/mol. The number of rotatable bonds is 6. The van der Waals surface area contributed by atoms with E-state index in [1.807, 2.05) is 0 Å². The van der Waals surface area contributed by atoms with Crippen LogP contribution in [0.2, 0.25) is 0 Å². The molecular weight excluding hydrogens is 430 g/mol. The molecule has 0 spiro atoms. The molecule has 4 rings (SSSR count). The predicted octanol–water partition coefficient (Wildman–Crippen LogP) is 2.74. The van der Waals surface area contributed by atoms with Crippen LogP contribution in [0.4, 0.5) is 5.69 Å². The fourth-order valence-corrected chi connectivity index (χ4v) is 5.91. The number of amides is 2. The van der Waals surface area contributed by atoms with Crippen molar-refractivity contribution in [3.63, 3.8) is 0 Å². The Morgan fingerprint density at radius 3 is 2.53 bits per heavy atom. The van der Waals surface area contributed by atoms with E-state index < -0.39 is 15.4 Å². The number of carbonyl (C=O) groups is 2. The quantitative estimate of drug-likeness (QED) is 0.663. The Hall–Kier alpha value is -2.65. The van der Waals surface area contributed by atoms with Gasteiger partial charge in [-0.15, -0.1) is 0 Å². The lowest BCUT2D eigenvalue weighted by atomic mass is 9.86. The number of hydrogen-bond acceptors (Lipinski definition) is 5. The van der Waals surface area contributed by atoms with Crippen LogP contribution in [0.1, 0.15) is 44.4 Å². The van der Waals surface area contributed by atoms with Crippen LogP contribution >= 0.6 is 0 Å². The largest absolute Gasteiger partial charge is 0.467 e. The van der Waals surface area contributed by atoms with Crippen molar-refractivity contribution in [1.82, 2.24) is 9.21 Å². The minimum Gasteiger partial charge on any atom is -0.467 e. The summed E-state index contributed by atoms with van der Waals surface area (Å²) < 4.78 is 33.1. The molecule has 2 aliphatic rings. The van der Waals surface area contributed by atoms with Crippen LogP contribution in [0.3, 0.4) is 0 Å². The summed E-state index contributed by atoms with van der Waals surface area (Å²) in [5.41, 5.74) is 0.280. The fraction of sp³-hybridized carbons (Fsp3) is 0.478. The first-order chi connectivity index (χ1) is 15.1. The van der Waals surface area contributed by atoms with Crippen molar-refractivity contribution in [3.05, 3.63) is 47.9 Å². The molecule has 172 valence electrons. The van der Waals surface area contributed by atoms with Gasteiger partial charge in [0.25, 0.3) is 0 Å². The van der Waals surface area contributed by atoms with Crippen LogP contribution in [0.5, 0.6) is 0 Å². The molecule has 3 heterocycles. The van der Waals surface area contributed by atoms with Crippen molar-refractivity contribution < 1.29 is 22.4 Å². The number of furan rings is 1. The van der Waals surface area contributed by atoms with Crippen molar-refractivity contribution in [2.75, 3.05) is 31.6 Å². The van der Waals surface area contributed by atoms with Gasteiger partial charge in [0.15, 0.2) is 0 Å². The molecule has 8 nitrogen and oxygen atoms in total. The molecule has 0 radical (unpaired) electrons. The van der Waals surface area contributed by atoms with Crippen LogP contribution in [0, 0.1) is 0 Å². The maximum atomic E-state index is 13.2. The lowest BCUT2D eigenvalue weighted by molar-refractivity contribution is -0.131. The molecule has 1 saturated heterocycles. The summed E-state index contributed by atoms with van der Waals surface area (Å²) in [6.45, 7) is 4.75. The van der Waals surface area contributed by atoms with Crippen molar-refractivity contribution in [2.45, 2.75) is 50.0 Å². The van der Waals surface area contributed by atoms with Crippen LogP contribution in [0.25, 0.3) is 0 Å². The summed E-state index contributed by atoms with van der Waals surface area (Å²) in [5, 5.41) is 0. The molecule has 0 bridgehead atoms. The molecule has 2 aliphatic heterocycles. The molecule has 1 fully saturated rings. The van der Waals surface area contributed by atoms with Gasteiger partial charge in [0.1, 0.15) is 12.3 Å². The Labute approximate surface area is 188 Å². The Balaban J connectivity index is 1.59. The van der Waals surface area contributed by atoms with E-state index in [9.17, 15) is 18.0 Å². The smallest absolute Gasteiger partial charge is 0.243 e. The van der Waals surface area contributed by atoms with Crippen molar-refractivity contribution in [3.8, 4) is 0 Å². The number of carbonyl (C=O) groups excluding carboxylic acids is 2. The van der Waals surface area contributed by atoms with E-state index in [-0.39, 0.29) is 23.3 Å². The molecule has 1 aromatic heterocycles. The van der Waals surface area contributed by atoms with Gasteiger partial charge in [-0.1, -0.05) is 6.42 Å². The third-order valence-electron chi connectivity index (χ3n) is 6.36. The third-order valence-corrected chi connectivity index (χ3v) is 8.25. The van der Waals surface area contributed by atoms with Crippen LogP contribution in [-0.2, 0) is 31.6 Å². The number of fused-ring (bicyclic) bond motifs is 1. The van der Waals surface area contributed by atoms with E-state index in [4.69, 9.17) is 4.42 Å². The van der Waals surface area contributed by atoms with Crippen molar-refractivity contribution in [1.29, 1.82) is 0 Å². The second kappa shape index (κ2) is 8.37. The van der Waals surface area contributed by atoms with Crippen molar-refractivity contribution in [2.24, 2.45) is 0 Å². The Bertz CT molecular complexity index is 1120. The normalized spacial score (nSPS) is 18.6. The maximum Gasteiger partial charge on any atom is 0.243 e. The summed E-state index contributed by atoms with van der Waals surface area (Å²) in [7, 11) is -1.96. The van der Waals surface area contributed by atoms with E-state index in [1.165, 1.54) is 14.1 Å². The Morgan fingerprint density at radius 1 is 1.16 bits per heavy atom. The zero-order valence-electron chi connectivity index (χ0n) is 18.7. The zero-order chi connectivity index (χ0) is 23.1. The van der Waals surface area contributed by atoms with Gasteiger partial charge in [-0.25, -0.2) is 8.42 Å². The fourth-order valence-electron chi connectivity index (χ4n) is 4.37. The molecule has 2 aromatic rings. The van der Waals surface area contributed by atoms with E-state index in [0.717, 1.165) is 19.3 Å². The van der Waals surface area contributed by atoms with E-state index in [2.05, 4.69) is 0 Å². The number of benzene rings is 1. The highest BCUT2D eigenvalue weighted by molar-refractivity contribution is 7.89. The highest BCUT2D eigenvalue weighted by Gasteiger charge is 2.45. The minimum atomic E-state index is -3.62. The van der Waals surface area contributed by atoms with Gasteiger partial charge in [-0.3, -0.25) is 9.59 Å². The summed E-state index contributed by atoms with van der Waals surface area (Å²) >= 11 is 0. The lowest BCUT2D eigenvalue weighted by Crippen LogP contribution is -2.43. The van der Waals surface area contributed by atoms with Gasteiger partial charge in [-0.2, -0.15) is 4.31 Å². The van der Waals surface area contributed by atoms with Gasteiger partial charge < -0.3 is 14.2 Å². The van der Waals surface area contributed by atoms with E-state index in [0.29, 0.717) is 36.6 Å². The summed E-state index contributed by atoms with van der Waals surface area (Å²) in [6, 6.07) is 8.34. The molecule has 2 amide bonds. The molecule has 1 aromatic carbocycles. The van der Waals surface area contributed by atoms with Crippen molar-refractivity contribution >= 4 is 27.5 Å². The average Bonchev–Trinajstić information content (AvgIpc) is 3.35. The van der Waals surface area contributed by atoms with Gasteiger partial charge >= 0.3 is 0 Å². The summed E-state index contributed by atoms with van der Waals surface area (Å²) in [6.07, 6.45) is 4.30. The number of hydrogen-bond donors (Lipinski definition) is 0. The second-order valence-corrected chi connectivity index (χ2v) is 10.9. The summed E-state index contributed by atoms with van der Waals surface area (Å²) in [5.74, 6) is 0.199. The first kappa shape index (κ1) is 22.5. The number of piperidine rings is 1. The molecule has 0 saturated carbocycles. The highest BCUT2D eigenvalue weighted by atomic mass is 32.2. The van der Waals surface area contributed by atoms with Crippen LogP contribution in [-0.4, -0.2) is 56.1 Å². The minimum absolute atomic E-state index is 0.120. The second-order valence-electron chi connectivity index (χ2n) is 8.99. The molecule has 0 N–H and O–H groups in total. The molecular formula is C23H29N3O5S. The predicted molar refractivity (Wildman–Crippen MR) is 120 cm³/mol. The lowest BCUT2D eigenvalue weighted by Gasteiger charge is -2.26. The Morgan fingerprint density at radius 2 is 1.88 bits per heavy atom. The summed E-state index contributed by atoms with van der Waals surface area (Å²) in [4.78, 5) is 29.2. The van der Waals surface area contributed by atoms with Gasteiger partial charge in [0.2, 0.25) is 21.8 Å². The van der Waals surface area contributed by atoms with Gasteiger partial charge in [-0.05, 0) is 62.6 Å². The monoisotopic (exact) mass is 459 g/mol. The van der Waals surface area contributed by atoms with Gasteiger partial charge in [0, 0.05) is 25.8 Å². The molecule has 0 aliphatic carbocycles. The molecule has 0 atom stereocenters. The number of sulfonamides is 1. The number of likely N-dealkylation sites (N-methyl/N-ethyl adjacent to an activating group) is 1. The highest BCUT2D eigenvalue weighted by Crippen LogP contribution is 2.43. The van der Waals surface area contributed by atoms with E-state index in [1.54, 1.807) is 57.5 Å². The SMILES string of the molecule is CN(Cc1ccco1)C(=O)CN1C(=O)C(C)(C)c2cc(S(=O)(=O)N3CCCCC3)ccc21. The van der Waals surface area contributed by atoms with Gasteiger partial charge in [0.05, 0.1) is 23.1 Å². The zero-order valence-corrected chi connectivity index (χ0v) is 19.5. The topological polar surface area (TPSA) is 91.1 Å². The Kier molecular flexibility index (Phi) is 5.89. The standard InChI is InChI=1S/C23H29N3O5S/c1-23(2)19-14-18(32(29,30)25-11-5-4-6-12-25)9-10-20(19)26(22(23)28)16-21(27)24(3)15-17-8-7-13-31-17/h7-10,13-14H,4-6,11-12,15-16H2,1-3H3. The molecule has 0 unspecified atom stereocenters. The van der Waals surface area contributed by atoms with Crippen LogP contribution in [0.15, 0.2) is 45.9 Å².